The fourth-order valence-corrected chi connectivity index (χ4v) is 2.93. The lowest BCUT2D eigenvalue weighted by atomic mass is 9.83. The van der Waals surface area contributed by atoms with Crippen LogP contribution >= 0.6 is 0 Å². The molecule has 1 aliphatic carbocycles. The van der Waals surface area contributed by atoms with Crippen molar-refractivity contribution < 1.29 is 26.3 Å². The number of sulfonamides is 1. The summed E-state index contributed by atoms with van der Waals surface area (Å²) in [6.07, 6.45) is 3.38. The van der Waals surface area contributed by atoms with Gasteiger partial charge in [-0.15, -0.1) is 0 Å². The Bertz CT molecular complexity index is 725. The van der Waals surface area contributed by atoms with Crippen LogP contribution in [0.25, 0.3) is 6.08 Å². The first-order valence-electron chi connectivity index (χ1n) is 7.30. The quantitative estimate of drug-likeness (QED) is 0.870. The van der Waals surface area contributed by atoms with Crippen LogP contribution in [0.1, 0.15) is 31.2 Å². The predicted molar refractivity (Wildman–Crippen MR) is 85.5 cm³/mol. The van der Waals surface area contributed by atoms with Crippen molar-refractivity contribution in [3.8, 4) is 5.75 Å². The third kappa shape index (κ3) is 5.12. The first kappa shape index (κ1) is 18.6. The monoisotopic (exact) mass is 364 g/mol. The summed E-state index contributed by atoms with van der Waals surface area (Å²) in [5.41, 5.74) is -1.42. The molecule has 1 aliphatic rings. The van der Waals surface area contributed by atoms with E-state index in [2.05, 4.69) is 9.71 Å². The second kappa shape index (κ2) is 6.62. The molecule has 0 bridgehead atoms. The molecule has 1 saturated carbocycles. The Kier molecular flexibility index (Phi) is 5.12. The fraction of sp³-hybridized carbons (Fsp3) is 0.533. The summed E-state index contributed by atoms with van der Waals surface area (Å²) in [4.78, 5) is 3.88. The first-order chi connectivity index (χ1) is 11.0. The highest BCUT2D eigenvalue weighted by molar-refractivity contribution is 7.92. The number of allylic oxidation sites excluding steroid dienone is 1. The van der Waals surface area contributed by atoms with Gasteiger partial charge < -0.3 is 4.74 Å². The Morgan fingerprint density at radius 2 is 1.88 bits per heavy atom. The molecule has 0 aliphatic heterocycles. The molecule has 24 heavy (non-hydrogen) atoms. The maximum absolute atomic E-state index is 14.6. The second-order valence-corrected chi connectivity index (χ2v) is 7.66. The van der Waals surface area contributed by atoms with Crippen molar-refractivity contribution in [2.24, 2.45) is 0 Å². The van der Waals surface area contributed by atoms with Gasteiger partial charge in [0, 0.05) is 18.4 Å². The van der Waals surface area contributed by atoms with Crippen molar-refractivity contribution in [3.05, 3.63) is 23.9 Å². The van der Waals surface area contributed by atoms with Gasteiger partial charge in [0.2, 0.25) is 15.9 Å². The summed E-state index contributed by atoms with van der Waals surface area (Å²) in [7, 11) is -2.12. The van der Waals surface area contributed by atoms with Gasteiger partial charge in [0.05, 0.1) is 19.6 Å². The molecule has 1 N–H and O–H groups in total. The molecule has 1 aromatic rings. The van der Waals surface area contributed by atoms with Gasteiger partial charge in [-0.1, -0.05) is 6.08 Å². The molecule has 0 aromatic carbocycles. The van der Waals surface area contributed by atoms with Crippen molar-refractivity contribution >= 4 is 21.9 Å². The maximum Gasteiger partial charge on any atom is 0.248 e. The molecule has 1 fully saturated rings. The van der Waals surface area contributed by atoms with E-state index in [1.165, 1.54) is 31.5 Å². The third-order valence-corrected chi connectivity index (χ3v) is 4.36. The number of hydrogen-bond donors (Lipinski definition) is 1. The van der Waals surface area contributed by atoms with E-state index in [-0.39, 0.29) is 18.7 Å². The van der Waals surface area contributed by atoms with Gasteiger partial charge in [-0.25, -0.2) is 26.6 Å². The largest absolute Gasteiger partial charge is 0.495 e. The number of ether oxygens (including phenoxy) is 1. The van der Waals surface area contributed by atoms with Gasteiger partial charge in [0.1, 0.15) is 17.2 Å². The Balaban J connectivity index is 2.22. The molecule has 0 amide bonds. The van der Waals surface area contributed by atoms with Gasteiger partial charge in [-0.3, -0.25) is 4.72 Å². The van der Waals surface area contributed by atoms with E-state index in [0.29, 0.717) is 11.3 Å². The first-order valence-corrected chi connectivity index (χ1v) is 9.19. The van der Waals surface area contributed by atoms with Gasteiger partial charge in [-0.2, -0.15) is 0 Å². The summed E-state index contributed by atoms with van der Waals surface area (Å²) in [5.74, 6) is -2.44. The number of methoxy groups -OCH3 is 1. The number of anilines is 1. The zero-order valence-corrected chi connectivity index (χ0v) is 14.2. The highest BCUT2D eigenvalue weighted by Gasteiger charge is 2.42. The minimum absolute atomic E-state index is 0.0565. The number of nitrogens with zero attached hydrogens (tertiary/aromatic N) is 1. The number of pyridine rings is 1. The average molecular weight is 364 g/mol. The van der Waals surface area contributed by atoms with E-state index in [1.807, 2.05) is 0 Å². The normalized spacial score (nSPS) is 20.0. The highest BCUT2D eigenvalue weighted by atomic mass is 32.2. The Morgan fingerprint density at radius 1 is 1.25 bits per heavy atom. The molecule has 0 saturated heterocycles. The number of aromatic nitrogens is 1. The van der Waals surface area contributed by atoms with E-state index >= 15 is 0 Å². The number of nitrogens with one attached hydrogen (secondary N) is 1. The lowest BCUT2D eigenvalue weighted by Gasteiger charge is -2.31. The minimum Gasteiger partial charge on any atom is -0.495 e. The van der Waals surface area contributed by atoms with Crippen LogP contribution in [0.4, 0.5) is 19.0 Å². The standard InChI is InChI=1S/C15H19F3N2O3S/c1-23-12-10-19-13(20-24(2,21)22)9-11(12)3-4-14(16)5-7-15(17,18)8-6-14/h3-4,9-10H,5-8H2,1-2H3,(H,19,20). The molecule has 5 nitrogen and oxygen atoms in total. The smallest absolute Gasteiger partial charge is 0.248 e. The third-order valence-electron chi connectivity index (χ3n) is 3.78. The number of halogens is 3. The summed E-state index contributed by atoms with van der Waals surface area (Å²) >= 11 is 0. The predicted octanol–water partition coefficient (Wildman–Crippen LogP) is 3.39. The average Bonchev–Trinajstić information content (AvgIpc) is 2.47. The summed E-state index contributed by atoms with van der Waals surface area (Å²) < 4.78 is 70.7. The van der Waals surface area contributed by atoms with Crippen molar-refractivity contribution in [1.29, 1.82) is 0 Å². The molecular formula is C15H19F3N2O3S. The summed E-state index contributed by atoms with van der Waals surface area (Å²) in [5, 5.41) is 0. The molecule has 0 radical (unpaired) electrons. The lowest BCUT2D eigenvalue weighted by molar-refractivity contribution is -0.0639. The van der Waals surface area contributed by atoms with Gasteiger partial charge in [-0.05, 0) is 25.0 Å². The van der Waals surface area contributed by atoms with Crippen molar-refractivity contribution in [2.75, 3.05) is 18.1 Å². The molecule has 134 valence electrons. The molecule has 9 heteroatoms. The van der Waals surface area contributed by atoms with Crippen molar-refractivity contribution in [3.63, 3.8) is 0 Å². The maximum atomic E-state index is 14.6. The summed E-state index contributed by atoms with van der Waals surface area (Å²) in [6, 6.07) is 1.39. The molecule has 0 atom stereocenters. The zero-order valence-electron chi connectivity index (χ0n) is 13.4. The van der Waals surface area contributed by atoms with Crippen LogP contribution in [0.15, 0.2) is 18.3 Å². The molecule has 1 heterocycles. The minimum atomic E-state index is -3.51. The van der Waals surface area contributed by atoms with Gasteiger partial charge in [0.25, 0.3) is 0 Å². The molecule has 1 aromatic heterocycles. The molecule has 0 unspecified atom stereocenters. The van der Waals surface area contributed by atoms with Gasteiger partial charge >= 0.3 is 0 Å². The lowest BCUT2D eigenvalue weighted by Crippen LogP contribution is -2.33. The van der Waals surface area contributed by atoms with E-state index in [4.69, 9.17) is 4.74 Å². The van der Waals surface area contributed by atoms with E-state index in [1.54, 1.807) is 0 Å². The van der Waals surface area contributed by atoms with Crippen LogP contribution in [-0.2, 0) is 10.0 Å². The van der Waals surface area contributed by atoms with Crippen LogP contribution in [0, 0.1) is 0 Å². The molecular weight excluding hydrogens is 345 g/mol. The number of alkyl halides is 3. The molecule has 2 rings (SSSR count). The molecule has 0 spiro atoms. The highest BCUT2D eigenvalue weighted by Crippen LogP contribution is 2.41. The second-order valence-electron chi connectivity index (χ2n) is 5.91. The Hall–Kier alpha value is -1.77. The van der Waals surface area contributed by atoms with Crippen molar-refractivity contribution in [2.45, 2.75) is 37.3 Å². The fourth-order valence-electron chi connectivity index (χ4n) is 2.44. The zero-order chi connectivity index (χ0) is 18.0. The summed E-state index contributed by atoms with van der Waals surface area (Å²) in [6.45, 7) is 0. The topological polar surface area (TPSA) is 68.3 Å². The van der Waals surface area contributed by atoms with Crippen LogP contribution in [0.3, 0.4) is 0 Å². The van der Waals surface area contributed by atoms with E-state index in [9.17, 15) is 21.6 Å². The van der Waals surface area contributed by atoms with E-state index in [0.717, 1.165) is 6.26 Å². The SMILES string of the molecule is COc1cnc(NS(C)(=O)=O)cc1C=CC1(F)CCC(F)(F)CC1. The Labute approximate surface area is 139 Å². The van der Waals surface area contributed by atoms with Crippen LogP contribution in [0.5, 0.6) is 5.75 Å². The van der Waals surface area contributed by atoms with E-state index < -0.39 is 34.5 Å². The Morgan fingerprint density at radius 3 is 2.42 bits per heavy atom. The van der Waals surface area contributed by atoms with Gasteiger partial charge in [0.15, 0.2) is 0 Å². The number of hydrogen-bond acceptors (Lipinski definition) is 4. The van der Waals surface area contributed by atoms with Crippen LogP contribution < -0.4 is 9.46 Å². The van der Waals surface area contributed by atoms with Crippen LogP contribution in [-0.4, -0.2) is 38.4 Å². The number of rotatable bonds is 5. The van der Waals surface area contributed by atoms with Crippen molar-refractivity contribution in [1.82, 2.24) is 4.98 Å². The van der Waals surface area contributed by atoms with Crippen LogP contribution in [0.2, 0.25) is 0 Å².